The molecular weight excluding hydrogens is 228 g/mol. The SMILES string of the molecule is CCn1ccnc1CN(C)CCC(=O)NC(C)C. The largest absolute Gasteiger partial charge is 0.354 e. The van der Waals surface area contributed by atoms with Crippen molar-refractivity contribution in [1.29, 1.82) is 0 Å². The van der Waals surface area contributed by atoms with Gasteiger partial charge in [0.1, 0.15) is 5.82 Å². The number of rotatable bonds is 7. The highest BCUT2D eigenvalue weighted by atomic mass is 16.1. The molecule has 0 aromatic carbocycles. The van der Waals surface area contributed by atoms with Gasteiger partial charge in [-0.3, -0.25) is 9.69 Å². The molecule has 0 unspecified atom stereocenters. The molecule has 5 nitrogen and oxygen atoms in total. The van der Waals surface area contributed by atoms with Crippen LogP contribution in [-0.4, -0.2) is 40.0 Å². The van der Waals surface area contributed by atoms with Gasteiger partial charge < -0.3 is 9.88 Å². The second kappa shape index (κ2) is 7.16. The van der Waals surface area contributed by atoms with E-state index >= 15 is 0 Å². The van der Waals surface area contributed by atoms with Crippen LogP contribution in [0.25, 0.3) is 0 Å². The summed E-state index contributed by atoms with van der Waals surface area (Å²) in [5.74, 6) is 1.15. The van der Waals surface area contributed by atoms with E-state index in [9.17, 15) is 4.79 Å². The maximum Gasteiger partial charge on any atom is 0.221 e. The van der Waals surface area contributed by atoms with Crippen LogP contribution >= 0.6 is 0 Å². The minimum atomic E-state index is 0.107. The summed E-state index contributed by atoms with van der Waals surface area (Å²) in [7, 11) is 2.01. The maximum atomic E-state index is 11.5. The normalized spacial score (nSPS) is 11.2. The third kappa shape index (κ3) is 4.87. The van der Waals surface area contributed by atoms with Crippen LogP contribution in [0.3, 0.4) is 0 Å². The van der Waals surface area contributed by atoms with Crippen LogP contribution in [0.15, 0.2) is 12.4 Å². The summed E-state index contributed by atoms with van der Waals surface area (Å²) in [5.41, 5.74) is 0. The molecule has 0 aliphatic rings. The van der Waals surface area contributed by atoms with Gasteiger partial charge in [-0.25, -0.2) is 4.98 Å². The fourth-order valence-electron chi connectivity index (χ4n) is 1.79. The topological polar surface area (TPSA) is 50.2 Å². The first kappa shape index (κ1) is 14.7. The van der Waals surface area contributed by atoms with Crippen LogP contribution in [0.1, 0.15) is 33.0 Å². The quantitative estimate of drug-likeness (QED) is 0.794. The Labute approximate surface area is 109 Å². The van der Waals surface area contributed by atoms with Gasteiger partial charge in [-0.05, 0) is 27.8 Å². The van der Waals surface area contributed by atoms with Crippen LogP contribution in [0.5, 0.6) is 0 Å². The molecule has 0 aliphatic heterocycles. The van der Waals surface area contributed by atoms with Crippen LogP contribution in [-0.2, 0) is 17.9 Å². The van der Waals surface area contributed by atoms with Crippen molar-refractivity contribution in [3.05, 3.63) is 18.2 Å². The standard InChI is InChI=1S/C13H24N4O/c1-5-17-9-7-14-12(17)10-16(4)8-6-13(18)15-11(2)3/h7,9,11H,5-6,8,10H2,1-4H3,(H,15,18). The number of hydrogen-bond acceptors (Lipinski definition) is 3. The average Bonchev–Trinajstić information content (AvgIpc) is 2.72. The monoisotopic (exact) mass is 252 g/mol. The van der Waals surface area contributed by atoms with E-state index in [0.29, 0.717) is 6.42 Å². The second-order valence-electron chi connectivity index (χ2n) is 4.84. The third-order valence-electron chi connectivity index (χ3n) is 2.72. The number of aromatic nitrogens is 2. The molecule has 18 heavy (non-hydrogen) atoms. The van der Waals surface area contributed by atoms with Gasteiger partial charge in [0.15, 0.2) is 0 Å². The molecule has 1 heterocycles. The summed E-state index contributed by atoms with van der Waals surface area (Å²) < 4.78 is 2.12. The smallest absolute Gasteiger partial charge is 0.221 e. The molecule has 5 heteroatoms. The number of carbonyl (C=O) groups excluding carboxylic acids is 1. The highest BCUT2D eigenvalue weighted by molar-refractivity contribution is 5.76. The summed E-state index contributed by atoms with van der Waals surface area (Å²) >= 11 is 0. The van der Waals surface area contributed by atoms with Gasteiger partial charge in [0.2, 0.25) is 5.91 Å². The molecule has 0 radical (unpaired) electrons. The van der Waals surface area contributed by atoms with E-state index in [1.807, 2.05) is 33.3 Å². The highest BCUT2D eigenvalue weighted by Gasteiger charge is 2.08. The summed E-state index contributed by atoms with van der Waals surface area (Å²) in [6.07, 6.45) is 4.33. The number of amides is 1. The molecule has 0 spiro atoms. The molecule has 0 atom stereocenters. The van der Waals surface area contributed by atoms with Gasteiger partial charge in [-0.15, -0.1) is 0 Å². The van der Waals surface area contributed by atoms with Crippen molar-refractivity contribution < 1.29 is 4.79 Å². The van der Waals surface area contributed by atoms with Gasteiger partial charge in [0, 0.05) is 37.9 Å². The van der Waals surface area contributed by atoms with E-state index < -0.39 is 0 Å². The Hall–Kier alpha value is -1.36. The van der Waals surface area contributed by atoms with Crippen molar-refractivity contribution in [2.75, 3.05) is 13.6 Å². The van der Waals surface area contributed by atoms with E-state index in [1.54, 1.807) is 0 Å². The van der Waals surface area contributed by atoms with Crippen LogP contribution in [0, 0.1) is 0 Å². The zero-order chi connectivity index (χ0) is 13.5. The molecule has 1 aromatic heterocycles. The number of nitrogens with zero attached hydrogens (tertiary/aromatic N) is 3. The van der Waals surface area contributed by atoms with Crippen molar-refractivity contribution in [3.63, 3.8) is 0 Å². The molecule has 0 aliphatic carbocycles. The summed E-state index contributed by atoms with van der Waals surface area (Å²) in [6.45, 7) is 8.49. The molecule has 0 bridgehead atoms. The van der Waals surface area contributed by atoms with Crippen molar-refractivity contribution in [2.24, 2.45) is 0 Å². The number of nitrogens with one attached hydrogen (secondary N) is 1. The molecular formula is C13H24N4O. The summed E-state index contributed by atoms with van der Waals surface area (Å²) in [5, 5.41) is 2.89. The number of aryl methyl sites for hydroxylation is 1. The second-order valence-corrected chi connectivity index (χ2v) is 4.84. The van der Waals surface area contributed by atoms with E-state index in [0.717, 1.165) is 25.5 Å². The number of carbonyl (C=O) groups is 1. The number of imidazole rings is 1. The van der Waals surface area contributed by atoms with Crippen molar-refractivity contribution in [2.45, 2.75) is 46.3 Å². The Morgan fingerprint density at radius 2 is 2.28 bits per heavy atom. The van der Waals surface area contributed by atoms with E-state index in [-0.39, 0.29) is 11.9 Å². The Balaban J connectivity index is 2.33. The molecule has 0 saturated heterocycles. The predicted octanol–water partition coefficient (Wildman–Crippen LogP) is 1.25. The molecule has 1 rings (SSSR count). The predicted molar refractivity (Wildman–Crippen MR) is 72.1 cm³/mol. The lowest BCUT2D eigenvalue weighted by Crippen LogP contribution is -2.33. The Morgan fingerprint density at radius 1 is 1.56 bits per heavy atom. The van der Waals surface area contributed by atoms with Gasteiger partial charge in [0.25, 0.3) is 0 Å². The molecule has 1 N–H and O–H groups in total. The van der Waals surface area contributed by atoms with Crippen LogP contribution < -0.4 is 5.32 Å². The highest BCUT2D eigenvalue weighted by Crippen LogP contribution is 2.02. The summed E-state index contributed by atoms with van der Waals surface area (Å²) in [6, 6.07) is 0.210. The van der Waals surface area contributed by atoms with Gasteiger partial charge in [-0.1, -0.05) is 0 Å². The van der Waals surface area contributed by atoms with Gasteiger partial charge in [0.05, 0.1) is 6.54 Å². The first-order chi connectivity index (χ1) is 8.52. The fraction of sp³-hybridized carbons (Fsp3) is 0.692. The first-order valence-electron chi connectivity index (χ1n) is 6.50. The van der Waals surface area contributed by atoms with Crippen molar-refractivity contribution in [3.8, 4) is 0 Å². The summed E-state index contributed by atoms with van der Waals surface area (Å²) in [4.78, 5) is 18.0. The van der Waals surface area contributed by atoms with Gasteiger partial charge >= 0.3 is 0 Å². The molecule has 102 valence electrons. The van der Waals surface area contributed by atoms with Gasteiger partial charge in [-0.2, -0.15) is 0 Å². The van der Waals surface area contributed by atoms with Crippen molar-refractivity contribution >= 4 is 5.91 Å². The first-order valence-corrected chi connectivity index (χ1v) is 6.50. The lowest BCUT2D eigenvalue weighted by atomic mass is 10.3. The minimum absolute atomic E-state index is 0.107. The molecule has 0 fully saturated rings. The van der Waals surface area contributed by atoms with E-state index in [4.69, 9.17) is 0 Å². The van der Waals surface area contributed by atoms with Crippen LogP contribution in [0.4, 0.5) is 0 Å². The molecule has 1 aromatic rings. The lowest BCUT2D eigenvalue weighted by molar-refractivity contribution is -0.121. The zero-order valence-electron chi connectivity index (χ0n) is 11.8. The maximum absolute atomic E-state index is 11.5. The van der Waals surface area contributed by atoms with E-state index in [1.165, 1.54) is 0 Å². The third-order valence-corrected chi connectivity index (χ3v) is 2.72. The molecule has 1 amide bonds. The minimum Gasteiger partial charge on any atom is -0.354 e. The lowest BCUT2D eigenvalue weighted by Gasteiger charge is -2.17. The Morgan fingerprint density at radius 3 is 2.89 bits per heavy atom. The molecule has 0 saturated carbocycles. The van der Waals surface area contributed by atoms with Crippen LogP contribution in [0.2, 0.25) is 0 Å². The van der Waals surface area contributed by atoms with E-state index in [2.05, 4.69) is 26.7 Å². The zero-order valence-corrected chi connectivity index (χ0v) is 11.8. The van der Waals surface area contributed by atoms with Crippen molar-refractivity contribution in [1.82, 2.24) is 19.8 Å². The average molecular weight is 252 g/mol. The fourth-order valence-corrected chi connectivity index (χ4v) is 1.79. The Bertz CT molecular complexity index is 373. The Kier molecular flexibility index (Phi) is 5.85. The number of hydrogen-bond donors (Lipinski definition) is 1.